The lowest BCUT2D eigenvalue weighted by Crippen LogP contribution is -2.44. The Morgan fingerprint density at radius 3 is 2.32 bits per heavy atom. The average molecular weight is 465 g/mol. The smallest absolute Gasteiger partial charge is 0.255 e. The van der Waals surface area contributed by atoms with E-state index in [0.717, 1.165) is 41.7 Å². The number of likely N-dealkylation sites (N-methyl/N-ethyl adjacent to an activating group) is 1. The van der Waals surface area contributed by atoms with Crippen LogP contribution in [0.3, 0.4) is 0 Å². The molecule has 1 fully saturated rings. The molecule has 0 spiro atoms. The molecule has 0 unspecified atom stereocenters. The second kappa shape index (κ2) is 9.16. The highest BCUT2D eigenvalue weighted by molar-refractivity contribution is 7.89. The van der Waals surface area contributed by atoms with E-state index in [4.69, 9.17) is 11.6 Å². The number of benzene rings is 2. The molecule has 1 N–H and O–H groups in total. The van der Waals surface area contributed by atoms with E-state index in [9.17, 15) is 13.2 Å². The molecule has 0 bridgehead atoms. The highest BCUT2D eigenvalue weighted by Crippen LogP contribution is 2.31. The summed E-state index contributed by atoms with van der Waals surface area (Å²) in [6, 6.07) is 8.59. The van der Waals surface area contributed by atoms with E-state index in [1.165, 1.54) is 20.2 Å². The summed E-state index contributed by atoms with van der Waals surface area (Å²) in [6.45, 7) is 7.09. The van der Waals surface area contributed by atoms with Crippen molar-refractivity contribution in [3.05, 3.63) is 52.0 Å². The Morgan fingerprint density at radius 1 is 1.06 bits per heavy atom. The van der Waals surface area contributed by atoms with Crippen molar-refractivity contribution in [2.75, 3.05) is 57.5 Å². The van der Waals surface area contributed by atoms with E-state index in [1.54, 1.807) is 26.0 Å². The van der Waals surface area contributed by atoms with Crippen molar-refractivity contribution in [1.82, 2.24) is 9.21 Å². The minimum absolute atomic E-state index is 0.132. The van der Waals surface area contributed by atoms with Crippen LogP contribution in [0.15, 0.2) is 35.2 Å². The van der Waals surface area contributed by atoms with E-state index in [-0.39, 0.29) is 16.4 Å². The van der Waals surface area contributed by atoms with Gasteiger partial charge in [0, 0.05) is 50.9 Å². The van der Waals surface area contributed by atoms with E-state index in [1.807, 2.05) is 12.1 Å². The first-order chi connectivity index (χ1) is 14.5. The van der Waals surface area contributed by atoms with Crippen molar-refractivity contribution in [2.45, 2.75) is 18.7 Å². The van der Waals surface area contributed by atoms with Crippen LogP contribution in [0.5, 0.6) is 0 Å². The fraction of sp³-hybridized carbons (Fsp3) is 0.409. The number of amides is 1. The van der Waals surface area contributed by atoms with Gasteiger partial charge in [-0.25, -0.2) is 12.7 Å². The van der Waals surface area contributed by atoms with Crippen LogP contribution < -0.4 is 10.2 Å². The zero-order chi connectivity index (χ0) is 22.9. The summed E-state index contributed by atoms with van der Waals surface area (Å²) >= 11 is 6.21. The molecule has 7 nitrogen and oxygen atoms in total. The highest BCUT2D eigenvalue weighted by Gasteiger charge is 2.24. The van der Waals surface area contributed by atoms with E-state index in [2.05, 4.69) is 22.2 Å². The predicted molar refractivity (Wildman–Crippen MR) is 126 cm³/mol. The molecule has 0 aliphatic carbocycles. The minimum atomic E-state index is -3.68. The number of nitrogens with zero attached hydrogens (tertiary/aromatic N) is 3. The zero-order valence-corrected chi connectivity index (χ0v) is 20.1. The Labute approximate surface area is 189 Å². The van der Waals surface area contributed by atoms with Crippen LogP contribution in [-0.4, -0.2) is 70.9 Å². The third-order valence-corrected chi connectivity index (χ3v) is 7.87. The molecule has 9 heteroatoms. The Kier molecular flexibility index (Phi) is 6.95. The standard InChI is InChI=1S/C22H29ClN4O3S/c1-15-12-17(13-21(16(15)2)31(29,30)25(3)4)22(28)24-19-14-18(23)6-7-20(19)27-10-8-26(5)9-11-27/h6-7,12-14H,8-11H2,1-5H3,(H,24,28). The summed E-state index contributed by atoms with van der Waals surface area (Å²) in [6.07, 6.45) is 0. The summed E-state index contributed by atoms with van der Waals surface area (Å²) in [5.41, 5.74) is 3.16. The maximum absolute atomic E-state index is 13.1. The molecular formula is C22H29ClN4O3S. The van der Waals surface area contributed by atoms with Gasteiger partial charge in [-0.2, -0.15) is 0 Å². The van der Waals surface area contributed by atoms with Gasteiger partial charge < -0.3 is 15.1 Å². The first kappa shape index (κ1) is 23.5. The Bertz CT molecular complexity index is 1090. The van der Waals surface area contributed by atoms with Gasteiger partial charge in [0.1, 0.15) is 0 Å². The number of carbonyl (C=O) groups excluding carboxylic acids is 1. The lowest BCUT2D eigenvalue weighted by molar-refractivity contribution is 0.102. The summed E-state index contributed by atoms with van der Waals surface area (Å²) in [5.74, 6) is -0.379. The molecule has 31 heavy (non-hydrogen) atoms. The van der Waals surface area contributed by atoms with Crippen LogP contribution in [-0.2, 0) is 10.0 Å². The highest BCUT2D eigenvalue weighted by atomic mass is 35.5. The van der Waals surface area contributed by atoms with Crippen LogP contribution in [0, 0.1) is 13.8 Å². The van der Waals surface area contributed by atoms with Gasteiger partial charge in [-0.05, 0) is 62.4 Å². The average Bonchev–Trinajstić information content (AvgIpc) is 2.70. The summed E-state index contributed by atoms with van der Waals surface area (Å²) < 4.78 is 26.6. The number of aryl methyl sites for hydroxylation is 1. The lowest BCUT2D eigenvalue weighted by atomic mass is 10.1. The molecule has 0 radical (unpaired) electrons. The molecule has 1 heterocycles. The number of sulfonamides is 1. The van der Waals surface area contributed by atoms with Gasteiger partial charge in [0.2, 0.25) is 10.0 Å². The SMILES string of the molecule is Cc1cc(C(=O)Nc2cc(Cl)ccc2N2CCN(C)CC2)cc(S(=O)(=O)N(C)C)c1C. The maximum atomic E-state index is 13.1. The number of halogens is 1. The Morgan fingerprint density at radius 2 is 1.71 bits per heavy atom. The summed E-state index contributed by atoms with van der Waals surface area (Å²) in [4.78, 5) is 17.7. The van der Waals surface area contributed by atoms with Crippen molar-refractivity contribution >= 4 is 38.9 Å². The fourth-order valence-electron chi connectivity index (χ4n) is 3.55. The summed E-state index contributed by atoms with van der Waals surface area (Å²) in [5, 5.41) is 3.46. The number of nitrogens with one attached hydrogen (secondary N) is 1. The van der Waals surface area contributed by atoms with Crippen molar-refractivity contribution in [2.24, 2.45) is 0 Å². The third kappa shape index (κ3) is 5.03. The van der Waals surface area contributed by atoms with Gasteiger partial charge in [-0.15, -0.1) is 0 Å². The Hall–Kier alpha value is -2.13. The molecule has 2 aromatic rings. The molecule has 1 aliphatic rings. The van der Waals surface area contributed by atoms with Gasteiger partial charge >= 0.3 is 0 Å². The molecule has 168 valence electrons. The summed E-state index contributed by atoms with van der Waals surface area (Å²) in [7, 11) is 1.36. The van der Waals surface area contributed by atoms with Crippen LogP contribution in [0.25, 0.3) is 0 Å². The second-order valence-electron chi connectivity index (χ2n) is 8.11. The van der Waals surface area contributed by atoms with Crippen LogP contribution in [0.1, 0.15) is 21.5 Å². The second-order valence-corrected chi connectivity index (χ2v) is 10.7. The molecule has 1 saturated heterocycles. The molecule has 1 aliphatic heterocycles. The van der Waals surface area contributed by atoms with Gasteiger partial charge in [-0.1, -0.05) is 11.6 Å². The normalized spacial score (nSPS) is 15.4. The third-order valence-electron chi connectivity index (χ3n) is 5.69. The molecule has 1 amide bonds. The Balaban J connectivity index is 1.96. The van der Waals surface area contributed by atoms with Crippen LogP contribution in [0.4, 0.5) is 11.4 Å². The zero-order valence-electron chi connectivity index (χ0n) is 18.6. The molecule has 3 rings (SSSR count). The molecule has 0 atom stereocenters. The van der Waals surface area contributed by atoms with Crippen molar-refractivity contribution in [1.29, 1.82) is 0 Å². The molecule has 0 saturated carbocycles. The largest absolute Gasteiger partial charge is 0.367 e. The number of anilines is 2. The predicted octanol–water partition coefficient (Wildman–Crippen LogP) is 3.21. The number of rotatable bonds is 5. The number of hydrogen-bond acceptors (Lipinski definition) is 5. The van der Waals surface area contributed by atoms with E-state index < -0.39 is 10.0 Å². The van der Waals surface area contributed by atoms with Gasteiger partial charge in [-0.3, -0.25) is 4.79 Å². The molecule has 0 aromatic heterocycles. The number of hydrogen-bond donors (Lipinski definition) is 1. The quantitative estimate of drug-likeness (QED) is 0.735. The van der Waals surface area contributed by atoms with Crippen molar-refractivity contribution < 1.29 is 13.2 Å². The number of piperazine rings is 1. The van der Waals surface area contributed by atoms with E-state index >= 15 is 0 Å². The van der Waals surface area contributed by atoms with Gasteiger partial charge in [0.15, 0.2) is 0 Å². The van der Waals surface area contributed by atoms with Gasteiger partial charge in [0.25, 0.3) is 5.91 Å². The minimum Gasteiger partial charge on any atom is -0.367 e. The van der Waals surface area contributed by atoms with Crippen molar-refractivity contribution in [3.8, 4) is 0 Å². The van der Waals surface area contributed by atoms with E-state index in [0.29, 0.717) is 16.3 Å². The lowest BCUT2D eigenvalue weighted by Gasteiger charge is -2.35. The van der Waals surface area contributed by atoms with Gasteiger partial charge in [0.05, 0.1) is 16.3 Å². The molecular weight excluding hydrogens is 436 g/mol. The van der Waals surface area contributed by atoms with Crippen LogP contribution in [0.2, 0.25) is 5.02 Å². The monoisotopic (exact) mass is 464 g/mol. The van der Waals surface area contributed by atoms with Crippen molar-refractivity contribution in [3.63, 3.8) is 0 Å². The number of carbonyl (C=O) groups is 1. The van der Waals surface area contributed by atoms with Crippen LogP contribution >= 0.6 is 11.6 Å². The fourth-order valence-corrected chi connectivity index (χ4v) is 4.94. The first-order valence-corrected chi connectivity index (χ1v) is 11.9. The first-order valence-electron chi connectivity index (χ1n) is 10.1. The molecule has 2 aromatic carbocycles. The topological polar surface area (TPSA) is 73.0 Å². The maximum Gasteiger partial charge on any atom is 0.255 e.